The molecule has 0 N–H and O–H groups in total. The van der Waals surface area contributed by atoms with Gasteiger partial charge < -0.3 is 0 Å². The topological polar surface area (TPSA) is 46.1 Å². The fourth-order valence-electron chi connectivity index (χ4n) is 2.67. The average Bonchev–Trinajstić information content (AvgIpc) is 3.17. The van der Waals surface area contributed by atoms with Gasteiger partial charge in [-0.15, -0.1) is 11.8 Å². The summed E-state index contributed by atoms with van der Waals surface area (Å²) in [6.07, 6.45) is 1.69. The van der Waals surface area contributed by atoms with E-state index in [4.69, 9.17) is 0 Å². The van der Waals surface area contributed by atoms with Gasteiger partial charge in [0, 0.05) is 11.1 Å². The van der Waals surface area contributed by atoms with E-state index in [2.05, 4.69) is 9.97 Å². The number of carbonyl (C=O) groups is 1. The number of anilines is 1. The van der Waals surface area contributed by atoms with E-state index in [1.54, 1.807) is 17.2 Å². The Hall–Kier alpha value is -2.77. The van der Waals surface area contributed by atoms with Crippen molar-refractivity contribution in [1.82, 2.24) is 9.97 Å². The first kappa shape index (κ1) is 18.6. The highest BCUT2D eigenvalue weighted by molar-refractivity contribution is 8.00. The third-order valence-corrected chi connectivity index (χ3v) is 6.08. The maximum absolute atomic E-state index is 14.1. The summed E-state index contributed by atoms with van der Waals surface area (Å²) in [7, 11) is 0. The zero-order valence-corrected chi connectivity index (χ0v) is 16.4. The van der Waals surface area contributed by atoms with Crippen LogP contribution in [0, 0.1) is 5.82 Å². The average molecular weight is 410 g/mol. The molecule has 0 saturated carbocycles. The van der Waals surface area contributed by atoms with Crippen LogP contribution in [0.4, 0.5) is 9.52 Å². The lowest BCUT2D eigenvalue weighted by atomic mass is 10.3. The predicted octanol–water partition coefficient (Wildman–Crippen LogP) is 5.16. The van der Waals surface area contributed by atoms with E-state index in [1.807, 2.05) is 54.6 Å². The molecule has 2 aromatic heterocycles. The second kappa shape index (κ2) is 8.50. The number of carbonyl (C=O) groups excluding carboxylic acids is 1. The number of halogens is 1. The first-order valence-corrected chi connectivity index (χ1v) is 10.4. The number of fused-ring (bicyclic) bond motifs is 1. The van der Waals surface area contributed by atoms with E-state index in [0.29, 0.717) is 9.83 Å². The van der Waals surface area contributed by atoms with Crippen molar-refractivity contribution < 1.29 is 9.18 Å². The number of para-hydroxylation sites is 1. The van der Waals surface area contributed by atoms with Crippen LogP contribution in [0.15, 0.2) is 77.8 Å². The van der Waals surface area contributed by atoms with Gasteiger partial charge in [-0.05, 0) is 36.4 Å². The molecule has 0 atom stereocenters. The number of aromatic nitrogens is 2. The summed E-state index contributed by atoms with van der Waals surface area (Å²) in [5, 5.41) is 0.476. The molecule has 0 aliphatic heterocycles. The van der Waals surface area contributed by atoms with Crippen LogP contribution in [0.3, 0.4) is 0 Å². The summed E-state index contributed by atoms with van der Waals surface area (Å²) >= 11 is 2.77. The van der Waals surface area contributed by atoms with Gasteiger partial charge in [0.25, 0.3) is 0 Å². The third-order valence-electron chi connectivity index (χ3n) is 4.04. The molecule has 4 rings (SSSR count). The van der Waals surface area contributed by atoms with Crippen LogP contribution in [0.5, 0.6) is 0 Å². The van der Waals surface area contributed by atoms with Crippen LogP contribution in [0.1, 0.15) is 5.69 Å². The van der Waals surface area contributed by atoms with Gasteiger partial charge in [-0.1, -0.05) is 41.7 Å². The Kier molecular flexibility index (Phi) is 5.64. The minimum absolute atomic E-state index is 0.0982. The molecule has 0 aliphatic rings. The first-order chi connectivity index (χ1) is 13.7. The summed E-state index contributed by atoms with van der Waals surface area (Å²) < 4.78 is 14.8. The Morgan fingerprint density at radius 1 is 1.04 bits per heavy atom. The summed E-state index contributed by atoms with van der Waals surface area (Å²) in [6, 6.07) is 20.1. The molecule has 1 amide bonds. The first-order valence-electron chi connectivity index (χ1n) is 8.64. The Morgan fingerprint density at radius 3 is 2.61 bits per heavy atom. The number of nitrogens with zero attached hydrogens (tertiary/aromatic N) is 3. The van der Waals surface area contributed by atoms with Crippen LogP contribution in [0.25, 0.3) is 10.2 Å². The minimum Gasteiger partial charge on any atom is -0.281 e. The fourth-order valence-corrected chi connectivity index (χ4v) is 4.47. The number of hydrogen-bond acceptors (Lipinski definition) is 5. The SMILES string of the molecule is O=C(CSc1ccccc1)N(Cc1ccccn1)c1nc2c(F)cccc2s1. The molecule has 0 fully saturated rings. The molecule has 0 radical (unpaired) electrons. The van der Waals surface area contributed by atoms with E-state index in [1.165, 1.54) is 29.2 Å². The maximum Gasteiger partial charge on any atom is 0.239 e. The number of pyridine rings is 1. The molecule has 0 saturated heterocycles. The van der Waals surface area contributed by atoms with Crippen molar-refractivity contribution in [2.24, 2.45) is 0 Å². The van der Waals surface area contributed by atoms with Crippen molar-refractivity contribution >= 4 is 44.4 Å². The molecule has 4 aromatic rings. The second-order valence-corrected chi connectivity index (χ2v) is 8.04. The van der Waals surface area contributed by atoms with E-state index in [-0.39, 0.29) is 29.5 Å². The van der Waals surface area contributed by atoms with Crippen LogP contribution in [-0.4, -0.2) is 21.6 Å². The van der Waals surface area contributed by atoms with Crippen molar-refractivity contribution in [3.8, 4) is 0 Å². The van der Waals surface area contributed by atoms with Gasteiger partial charge in [0.2, 0.25) is 5.91 Å². The Balaban J connectivity index is 1.62. The van der Waals surface area contributed by atoms with Crippen LogP contribution < -0.4 is 4.90 Å². The summed E-state index contributed by atoms with van der Waals surface area (Å²) in [6.45, 7) is 0.288. The lowest BCUT2D eigenvalue weighted by Gasteiger charge is -2.19. The van der Waals surface area contributed by atoms with E-state index in [0.717, 1.165) is 10.6 Å². The number of hydrogen-bond donors (Lipinski definition) is 0. The predicted molar refractivity (Wildman–Crippen MR) is 112 cm³/mol. The molecule has 7 heteroatoms. The lowest BCUT2D eigenvalue weighted by molar-refractivity contribution is -0.116. The van der Waals surface area contributed by atoms with Gasteiger partial charge >= 0.3 is 0 Å². The van der Waals surface area contributed by atoms with Crippen molar-refractivity contribution in [1.29, 1.82) is 0 Å². The molecule has 0 bridgehead atoms. The standard InChI is InChI=1S/C21H16FN3OS2/c22-17-10-6-11-18-20(17)24-21(28-18)25(13-15-7-4-5-12-23-15)19(26)14-27-16-8-2-1-3-9-16/h1-12H,13-14H2. The molecule has 140 valence electrons. The molecule has 0 spiro atoms. The van der Waals surface area contributed by atoms with E-state index >= 15 is 0 Å². The molecule has 0 unspecified atom stereocenters. The number of rotatable bonds is 6. The summed E-state index contributed by atoms with van der Waals surface area (Å²) in [5.41, 5.74) is 1.04. The number of benzene rings is 2. The van der Waals surface area contributed by atoms with Crippen LogP contribution in [-0.2, 0) is 11.3 Å². The van der Waals surface area contributed by atoms with Crippen molar-refractivity contribution in [2.45, 2.75) is 11.4 Å². The number of thioether (sulfide) groups is 1. The van der Waals surface area contributed by atoms with Gasteiger partial charge in [-0.2, -0.15) is 0 Å². The quantitative estimate of drug-likeness (QED) is 0.413. The largest absolute Gasteiger partial charge is 0.281 e. The zero-order valence-electron chi connectivity index (χ0n) is 14.8. The Labute approximate surface area is 170 Å². The molecular weight excluding hydrogens is 393 g/mol. The highest BCUT2D eigenvalue weighted by Gasteiger charge is 2.21. The molecule has 4 nitrogen and oxygen atoms in total. The number of thiazole rings is 1. The van der Waals surface area contributed by atoms with Crippen molar-refractivity contribution in [2.75, 3.05) is 10.7 Å². The van der Waals surface area contributed by atoms with Gasteiger partial charge in [0.15, 0.2) is 5.13 Å². The van der Waals surface area contributed by atoms with Gasteiger partial charge in [-0.3, -0.25) is 14.7 Å². The van der Waals surface area contributed by atoms with Gasteiger partial charge in [-0.25, -0.2) is 9.37 Å². The molecule has 2 heterocycles. The highest BCUT2D eigenvalue weighted by Crippen LogP contribution is 2.31. The monoisotopic (exact) mass is 409 g/mol. The van der Waals surface area contributed by atoms with E-state index in [9.17, 15) is 9.18 Å². The van der Waals surface area contributed by atoms with Gasteiger partial charge in [0.1, 0.15) is 11.3 Å². The molecular formula is C21H16FN3OS2. The maximum atomic E-state index is 14.1. The molecule has 28 heavy (non-hydrogen) atoms. The second-order valence-electron chi connectivity index (χ2n) is 5.99. The normalized spacial score (nSPS) is 10.9. The van der Waals surface area contributed by atoms with Crippen LogP contribution in [0.2, 0.25) is 0 Å². The lowest BCUT2D eigenvalue weighted by Crippen LogP contribution is -2.32. The van der Waals surface area contributed by atoms with Gasteiger partial charge in [0.05, 0.1) is 22.7 Å². The highest BCUT2D eigenvalue weighted by atomic mass is 32.2. The van der Waals surface area contributed by atoms with E-state index < -0.39 is 0 Å². The third kappa shape index (κ3) is 4.21. The number of amides is 1. The van der Waals surface area contributed by atoms with Crippen molar-refractivity contribution in [3.05, 3.63) is 84.4 Å². The summed E-state index contributed by atoms with van der Waals surface area (Å²) in [4.78, 5) is 24.4. The zero-order chi connectivity index (χ0) is 19.3. The molecule has 0 aliphatic carbocycles. The van der Waals surface area contributed by atoms with Crippen molar-refractivity contribution in [3.63, 3.8) is 0 Å². The van der Waals surface area contributed by atoms with Crippen LogP contribution >= 0.6 is 23.1 Å². The molecule has 2 aromatic carbocycles. The Bertz CT molecular complexity index is 1090. The Morgan fingerprint density at radius 2 is 1.86 bits per heavy atom. The minimum atomic E-state index is -0.385. The smallest absolute Gasteiger partial charge is 0.239 e. The fraction of sp³-hybridized carbons (Fsp3) is 0.0952. The summed E-state index contributed by atoms with van der Waals surface area (Å²) in [5.74, 6) is -0.224.